The lowest BCUT2D eigenvalue weighted by Crippen LogP contribution is -2.71. The second-order valence-electron chi connectivity index (χ2n) is 6.05. The average Bonchev–Trinajstić information content (AvgIpc) is 1.74. The second-order valence-corrected chi connectivity index (χ2v) is 6.05. The molecule has 0 saturated carbocycles. The van der Waals surface area contributed by atoms with E-state index >= 15 is 0 Å². The fraction of sp³-hybridized carbons (Fsp3) is 1.00. The molecule has 3 heteroatoms. The van der Waals surface area contributed by atoms with Gasteiger partial charge in [-0.3, -0.25) is 9.80 Å². The number of rotatable bonds is 1. The van der Waals surface area contributed by atoms with E-state index in [1.165, 1.54) is 0 Å². The summed E-state index contributed by atoms with van der Waals surface area (Å²) in [6.45, 7) is 11.9. The van der Waals surface area contributed by atoms with Crippen LogP contribution in [-0.4, -0.2) is 53.2 Å². The Hall–Kier alpha value is -0.150. The molecule has 0 N–H and O–H groups in total. The van der Waals surface area contributed by atoms with Gasteiger partial charge in [-0.05, 0) is 27.7 Å². The first-order valence-corrected chi connectivity index (χ1v) is 5.46. The summed E-state index contributed by atoms with van der Waals surface area (Å²) in [5.41, 5.74) is -0.636. The van der Waals surface area contributed by atoms with Gasteiger partial charge in [0, 0.05) is 37.8 Å². The highest BCUT2D eigenvalue weighted by molar-refractivity contribution is 5.02. The second kappa shape index (κ2) is 2.92. The summed E-state index contributed by atoms with van der Waals surface area (Å²) in [4.78, 5) is 4.72. The third kappa shape index (κ3) is 1.80. The van der Waals surface area contributed by atoms with E-state index in [1.807, 2.05) is 0 Å². The van der Waals surface area contributed by atoms with Crippen LogP contribution in [0.1, 0.15) is 27.7 Å². The summed E-state index contributed by atoms with van der Waals surface area (Å²) >= 11 is 0. The summed E-state index contributed by atoms with van der Waals surface area (Å²) < 4.78 is 13.3. The van der Waals surface area contributed by atoms with Crippen LogP contribution in [0.2, 0.25) is 0 Å². The molecular formula is C11H21FN2. The monoisotopic (exact) mass is 200 g/mol. The van der Waals surface area contributed by atoms with Crippen molar-refractivity contribution < 1.29 is 4.39 Å². The van der Waals surface area contributed by atoms with Gasteiger partial charge in [-0.25, -0.2) is 4.39 Å². The number of hydrogen-bond acceptors (Lipinski definition) is 2. The molecule has 2 saturated heterocycles. The predicted molar refractivity (Wildman–Crippen MR) is 56.2 cm³/mol. The van der Waals surface area contributed by atoms with Crippen molar-refractivity contribution in [1.29, 1.82) is 0 Å². The van der Waals surface area contributed by atoms with E-state index in [1.54, 1.807) is 6.92 Å². The Balaban J connectivity index is 1.75. The maximum atomic E-state index is 13.3. The maximum absolute atomic E-state index is 13.3. The molecule has 0 aromatic rings. The smallest absolute Gasteiger partial charge is 0.133 e. The van der Waals surface area contributed by atoms with Gasteiger partial charge in [-0.1, -0.05) is 0 Å². The van der Waals surface area contributed by atoms with Gasteiger partial charge in [0.1, 0.15) is 5.67 Å². The lowest BCUT2D eigenvalue weighted by molar-refractivity contribution is -0.105. The highest BCUT2D eigenvalue weighted by atomic mass is 19.1. The van der Waals surface area contributed by atoms with Crippen molar-refractivity contribution in [2.45, 2.75) is 44.9 Å². The first-order valence-electron chi connectivity index (χ1n) is 5.46. The van der Waals surface area contributed by atoms with Gasteiger partial charge in [0.05, 0.1) is 0 Å². The highest BCUT2D eigenvalue weighted by Crippen LogP contribution is 2.32. The first kappa shape index (κ1) is 10.4. The van der Waals surface area contributed by atoms with Crippen LogP contribution >= 0.6 is 0 Å². The van der Waals surface area contributed by atoms with Gasteiger partial charge in [0.25, 0.3) is 0 Å². The molecule has 0 aromatic carbocycles. The summed E-state index contributed by atoms with van der Waals surface area (Å²) in [5.74, 6) is 0. The molecule has 0 spiro atoms. The Morgan fingerprint density at radius 1 is 1.21 bits per heavy atom. The minimum Gasteiger partial charge on any atom is -0.295 e. The molecule has 82 valence electrons. The Morgan fingerprint density at radius 3 is 2.07 bits per heavy atom. The first-order chi connectivity index (χ1) is 6.28. The highest BCUT2D eigenvalue weighted by Gasteiger charge is 2.47. The zero-order chi connectivity index (χ0) is 10.6. The number of nitrogens with zero attached hydrogens (tertiary/aromatic N) is 2. The quantitative estimate of drug-likeness (QED) is 0.633. The molecule has 2 rings (SSSR count). The Kier molecular flexibility index (Phi) is 2.16. The van der Waals surface area contributed by atoms with Crippen molar-refractivity contribution in [3.8, 4) is 0 Å². The van der Waals surface area contributed by atoms with Crippen LogP contribution in [0, 0.1) is 0 Å². The lowest BCUT2D eigenvalue weighted by Gasteiger charge is -2.56. The predicted octanol–water partition coefficient (Wildman–Crippen LogP) is 1.51. The van der Waals surface area contributed by atoms with E-state index in [9.17, 15) is 4.39 Å². The van der Waals surface area contributed by atoms with Crippen molar-refractivity contribution in [3.05, 3.63) is 0 Å². The molecule has 2 nitrogen and oxygen atoms in total. The zero-order valence-corrected chi connectivity index (χ0v) is 9.68. The molecule has 14 heavy (non-hydrogen) atoms. The van der Waals surface area contributed by atoms with Crippen LogP contribution < -0.4 is 0 Å². The van der Waals surface area contributed by atoms with Crippen molar-refractivity contribution in [3.63, 3.8) is 0 Å². The van der Waals surface area contributed by atoms with Gasteiger partial charge in [0.15, 0.2) is 0 Å². The van der Waals surface area contributed by atoms with Crippen LogP contribution in [0.5, 0.6) is 0 Å². The van der Waals surface area contributed by atoms with E-state index in [2.05, 4.69) is 30.6 Å². The molecule has 0 amide bonds. The fourth-order valence-corrected chi connectivity index (χ4v) is 2.29. The van der Waals surface area contributed by atoms with Crippen LogP contribution in [0.3, 0.4) is 0 Å². The third-order valence-corrected chi connectivity index (χ3v) is 3.39. The number of likely N-dealkylation sites (tertiary alicyclic amines) is 2. The third-order valence-electron chi connectivity index (χ3n) is 3.39. The normalized spacial score (nSPS) is 29.8. The van der Waals surface area contributed by atoms with Gasteiger partial charge >= 0.3 is 0 Å². The molecule has 0 aromatic heterocycles. The topological polar surface area (TPSA) is 6.48 Å². The largest absolute Gasteiger partial charge is 0.295 e. The summed E-state index contributed by atoms with van der Waals surface area (Å²) in [5, 5.41) is 0. The van der Waals surface area contributed by atoms with Gasteiger partial charge in [0.2, 0.25) is 0 Å². The maximum Gasteiger partial charge on any atom is 0.133 e. The van der Waals surface area contributed by atoms with Gasteiger partial charge < -0.3 is 0 Å². The van der Waals surface area contributed by atoms with Crippen molar-refractivity contribution >= 4 is 0 Å². The molecule has 2 aliphatic heterocycles. The molecule has 2 fully saturated rings. The Morgan fingerprint density at radius 2 is 1.71 bits per heavy atom. The molecule has 0 unspecified atom stereocenters. The number of alkyl halides is 1. The average molecular weight is 200 g/mol. The molecule has 0 atom stereocenters. The van der Waals surface area contributed by atoms with Crippen LogP contribution in [0.15, 0.2) is 0 Å². The van der Waals surface area contributed by atoms with Crippen molar-refractivity contribution in [1.82, 2.24) is 9.80 Å². The van der Waals surface area contributed by atoms with Crippen LogP contribution in [0.4, 0.5) is 4.39 Å². The molecule has 0 aliphatic carbocycles. The van der Waals surface area contributed by atoms with E-state index in [0.29, 0.717) is 19.1 Å². The van der Waals surface area contributed by atoms with E-state index in [0.717, 1.165) is 13.1 Å². The Labute approximate surface area is 86.1 Å². The molecule has 0 bridgehead atoms. The molecule has 2 heterocycles. The summed E-state index contributed by atoms with van der Waals surface area (Å²) in [6, 6.07) is 0.609. The van der Waals surface area contributed by atoms with E-state index < -0.39 is 5.67 Å². The standard InChI is InChI=1S/C11H21FN2/c1-10(2,3)14-5-9(6-14)13-7-11(4,12)8-13/h9H,5-8H2,1-4H3. The lowest BCUT2D eigenvalue weighted by atomic mass is 9.90. The number of halogens is 1. The van der Waals surface area contributed by atoms with Gasteiger partial charge in [-0.2, -0.15) is 0 Å². The van der Waals surface area contributed by atoms with Crippen LogP contribution in [0.25, 0.3) is 0 Å². The van der Waals surface area contributed by atoms with Crippen molar-refractivity contribution in [2.24, 2.45) is 0 Å². The van der Waals surface area contributed by atoms with Crippen LogP contribution in [-0.2, 0) is 0 Å². The Bertz CT molecular complexity index is 218. The van der Waals surface area contributed by atoms with Crippen molar-refractivity contribution in [2.75, 3.05) is 26.2 Å². The number of hydrogen-bond donors (Lipinski definition) is 0. The minimum absolute atomic E-state index is 0.278. The van der Waals surface area contributed by atoms with E-state index in [4.69, 9.17) is 0 Å². The molecule has 0 radical (unpaired) electrons. The minimum atomic E-state index is -0.915. The summed E-state index contributed by atoms with van der Waals surface area (Å²) in [7, 11) is 0. The summed E-state index contributed by atoms with van der Waals surface area (Å²) in [6.07, 6.45) is 0. The zero-order valence-electron chi connectivity index (χ0n) is 9.68. The van der Waals surface area contributed by atoms with E-state index in [-0.39, 0.29) is 5.54 Å². The van der Waals surface area contributed by atoms with Gasteiger partial charge in [-0.15, -0.1) is 0 Å². The molecular weight excluding hydrogens is 179 g/mol. The fourth-order valence-electron chi connectivity index (χ4n) is 2.29. The molecule has 2 aliphatic rings. The SMILES string of the molecule is CC1(F)CN(C2CN(C(C)(C)C)C2)C1.